The fourth-order valence-corrected chi connectivity index (χ4v) is 2.92. The molecule has 136 valence electrons. The van der Waals surface area contributed by atoms with Gasteiger partial charge in [0.1, 0.15) is 12.1 Å². The highest BCUT2D eigenvalue weighted by molar-refractivity contribution is 5.99. The molecule has 0 spiro atoms. The van der Waals surface area contributed by atoms with Crippen LogP contribution in [0.5, 0.6) is 0 Å². The van der Waals surface area contributed by atoms with E-state index in [1.54, 1.807) is 37.3 Å². The Labute approximate surface area is 152 Å². The molecule has 0 aliphatic carbocycles. The highest BCUT2D eigenvalue weighted by atomic mass is 16.4. The first kappa shape index (κ1) is 16.6. The number of hydrogen-bond donors (Lipinski definition) is 2. The molecule has 0 fully saturated rings. The standard InChI is InChI=1S/C19H15N3O5/c1-11-12-6-2-4-8-14(12)26-17(11)18(24)21-20-16(23)10-22-13-7-3-5-9-15(13)27-19(22)25/h2-9H,10H2,1H3,(H,20,23)(H,21,24). The Morgan fingerprint density at radius 3 is 2.44 bits per heavy atom. The van der Waals surface area contributed by atoms with Gasteiger partial charge in [-0.15, -0.1) is 0 Å². The van der Waals surface area contributed by atoms with Gasteiger partial charge in [-0.3, -0.25) is 25.0 Å². The van der Waals surface area contributed by atoms with E-state index in [1.165, 1.54) is 4.57 Å². The molecular formula is C19H15N3O5. The number of furan rings is 1. The van der Waals surface area contributed by atoms with E-state index in [2.05, 4.69) is 10.9 Å². The van der Waals surface area contributed by atoms with Crippen LogP contribution in [-0.2, 0) is 11.3 Å². The first-order valence-corrected chi connectivity index (χ1v) is 8.20. The molecule has 0 radical (unpaired) electrons. The van der Waals surface area contributed by atoms with Crippen LogP contribution in [0.2, 0.25) is 0 Å². The summed E-state index contributed by atoms with van der Waals surface area (Å²) >= 11 is 0. The van der Waals surface area contributed by atoms with Gasteiger partial charge in [0.15, 0.2) is 11.3 Å². The second-order valence-electron chi connectivity index (χ2n) is 5.98. The number of aromatic nitrogens is 1. The second kappa shape index (κ2) is 6.49. The third-order valence-corrected chi connectivity index (χ3v) is 4.24. The minimum absolute atomic E-state index is 0.113. The Hall–Kier alpha value is -3.81. The van der Waals surface area contributed by atoms with Crippen LogP contribution in [0.15, 0.2) is 62.2 Å². The predicted octanol–water partition coefficient (Wildman–Crippen LogP) is 2.11. The molecule has 0 saturated carbocycles. The lowest BCUT2D eigenvalue weighted by Gasteiger charge is -2.06. The SMILES string of the molecule is Cc1c(C(=O)NNC(=O)Cn2c(=O)oc3ccccc32)oc2ccccc12. The molecule has 8 nitrogen and oxygen atoms in total. The molecule has 0 aliphatic heterocycles. The second-order valence-corrected chi connectivity index (χ2v) is 5.98. The van der Waals surface area contributed by atoms with E-state index in [0.717, 1.165) is 5.39 Å². The molecule has 2 aromatic heterocycles. The number of nitrogens with one attached hydrogen (secondary N) is 2. The van der Waals surface area contributed by atoms with Crippen molar-refractivity contribution in [2.45, 2.75) is 13.5 Å². The van der Waals surface area contributed by atoms with Crippen LogP contribution in [-0.4, -0.2) is 16.4 Å². The maximum Gasteiger partial charge on any atom is 0.420 e. The molecule has 0 saturated heterocycles. The van der Waals surface area contributed by atoms with Gasteiger partial charge in [-0.05, 0) is 25.1 Å². The number of benzene rings is 2. The van der Waals surface area contributed by atoms with E-state index in [-0.39, 0.29) is 12.3 Å². The van der Waals surface area contributed by atoms with Gasteiger partial charge in [-0.25, -0.2) is 4.79 Å². The van der Waals surface area contributed by atoms with Gasteiger partial charge in [-0.2, -0.15) is 0 Å². The molecule has 4 aromatic rings. The minimum Gasteiger partial charge on any atom is -0.451 e. The van der Waals surface area contributed by atoms with Crippen molar-refractivity contribution in [1.82, 2.24) is 15.4 Å². The maximum absolute atomic E-state index is 12.3. The van der Waals surface area contributed by atoms with Crippen LogP contribution in [0.25, 0.3) is 22.1 Å². The highest BCUT2D eigenvalue weighted by Crippen LogP contribution is 2.24. The van der Waals surface area contributed by atoms with Gasteiger partial charge >= 0.3 is 11.7 Å². The Balaban J connectivity index is 1.47. The summed E-state index contributed by atoms with van der Waals surface area (Å²) in [5.41, 5.74) is 6.73. The number of para-hydroxylation sites is 3. The number of hydrogen-bond acceptors (Lipinski definition) is 5. The van der Waals surface area contributed by atoms with Crippen molar-refractivity contribution >= 4 is 33.9 Å². The normalized spacial score (nSPS) is 11.0. The maximum atomic E-state index is 12.3. The molecule has 2 amide bonds. The molecule has 27 heavy (non-hydrogen) atoms. The van der Waals surface area contributed by atoms with E-state index >= 15 is 0 Å². The Kier molecular flexibility index (Phi) is 4.00. The molecule has 8 heteroatoms. The van der Waals surface area contributed by atoms with Gasteiger partial charge in [0, 0.05) is 10.9 Å². The van der Waals surface area contributed by atoms with E-state index < -0.39 is 17.6 Å². The Morgan fingerprint density at radius 1 is 0.963 bits per heavy atom. The monoisotopic (exact) mass is 365 g/mol. The molecule has 4 rings (SSSR count). The summed E-state index contributed by atoms with van der Waals surface area (Å²) in [5, 5.41) is 0.824. The molecule has 2 N–H and O–H groups in total. The first-order valence-electron chi connectivity index (χ1n) is 8.20. The Morgan fingerprint density at radius 2 is 1.67 bits per heavy atom. The predicted molar refractivity (Wildman–Crippen MR) is 97.0 cm³/mol. The van der Waals surface area contributed by atoms with Crippen LogP contribution in [0.4, 0.5) is 0 Å². The molecule has 2 heterocycles. The molecule has 0 aliphatic rings. The number of fused-ring (bicyclic) bond motifs is 2. The lowest BCUT2D eigenvalue weighted by molar-refractivity contribution is -0.122. The topological polar surface area (TPSA) is 106 Å². The van der Waals surface area contributed by atoms with Crippen molar-refractivity contribution in [2.75, 3.05) is 0 Å². The van der Waals surface area contributed by atoms with Crippen molar-refractivity contribution in [3.8, 4) is 0 Å². The van der Waals surface area contributed by atoms with Gasteiger partial charge in [-0.1, -0.05) is 30.3 Å². The van der Waals surface area contributed by atoms with Gasteiger partial charge in [0.25, 0.3) is 5.91 Å². The minimum atomic E-state index is -0.647. The first-order chi connectivity index (χ1) is 13.0. The number of hydrazine groups is 1. The number of amides is 2. The number of nitrogens with zero attached hydrogens (tertiary/aromatic N) is 1. The highest BCUT2D eigenvalue weighted by Gasteiger charge is 2.18. The third-order valence-electron chi connectivity index (χ3n) is 4.24. The van der Waals surface area contributed by atoms with Crippen molar-refractivity contribution in [2.24, 2.45) is 0 Å². The van der Waals surface area contributed by atoms with Crippen molar-refractivity contribution < 1.29 is 18.4 Å². The van der Waals surface area contributed by atoms with Crippen molar-refractivity contribution in [3.63, 3.8) is 0 Å². The van der Waals surface area contributed by atoms with Crippen LogP contribution in [0.1, 0.15) is 16.1 Å². The van der Waals surface area contributed by atoms with Gasteiger partial charge in [0.05, 0.1) is 5.52 Å². The number of carbonyl (C=O) groups excluding carboxylic acids is 2. The third kappa shape index (κ3) is 2.97. The number of aryl methyl sites for hydroxylation is 1. The Bertz CT molecular complexity index is 1230. The van der Waals surface area contributed by atoms with E-state index in [0.29, 0.717) is 22.2 Å². The van der Waals surface area contributed by atoms with Crippen molar-refractivity contribution in [3.05, 3.63) is 70.4 Å². The largest absolute Gasteiger partial charge is 0.451 e. The van der Waals surface area contributed by atoms with Crippen molar-refractivity contribution in [1.29, 1.82) is 0 Å². The molecule has 0 bridgehead atoms. The zero-order valence-electron chi connectivity index (χ0n) is 14.3. The van der Waals surface area contributed by atoms with E-state index in [4.69, 9.17) is 8.83 Å². The molecule has 2 aromatic carbocycles. The summed E-state index contributed by atoms with van der Waals surface area (Å²) in [6.07, 6.45) is 0. The molecule has 0 atom stereocenters. The summed E-state index contributed by atoms with van der Waals surface area (Å²) in [6.45, 7) is 1.47. The fraction of sp³-hybridized carbons (Fsp3) is 0.105. The summed E-state index contributed by atoms with van der Waals surface area (Å²) in [7, 11) is 0. The molecular weight excluding hydrogens is 350 g/mol. The summed E-state index contributed by atoms with van der Waals surface area (Å²) in [6, 6.07) is 14.0. The lowest BCUT2D eigenvalue weighted by atomic mass is 10.1. The van der Waals surface area contributed by atoms with E-state index in [9.17, 15) is 14.4 Å². The number of rotatable bonds is 3. The fourth-order valence-electron chi connectivity index (χ4n) is 2.92. The smallest absolute Gasteiger partial charge is 0.420 e. The summed E-state index contributed by atoms with van der Waals surface area (Å²) in [4.78, 5) is 36.3. The molecule has 0 unspecified atom stereocenters. The quantitative estimate of drug-likeness (QED) is 0.541. The van der Waals surface area contributed by atoms with E-state index in [1.807, 2.05) is 18.2 Å². The van der Waals surface area contributed by atoms with Crippen LogP contribution in [0.3, 0.4) is 0 Å². The average Bonchev–Trinajstić information content (AvgIpc) is 3.17. The summed E-state index contributed by atoms with van der Waals surface area (Å²) < 4.78 is 11.8. The lowest BCUT2D eigenvalue weighted by Crippen LogP contribution is -2.44. The zero-order valence-corrected chi connectivity index (χ0v) is 14.3. The number of oxazole rings is 1. The average molecular weight is 365 g/mol. The van der Waals surface area contributed by atoms with Gasteiger partial charge < -0.3 is 8.83 Å². The van der Waals surface area contributed by atoms with Gasteiger partial charge in [0.2, 0.25) is 0 Å². The zero-order chi connectivity index (χ0) is 19.0. The summed E-state index contributed by atoms with van der Waals surface area (Å²) in [5.74, 6) is -1.69. The van der Waals surface area contributed by atoms with Crippen LogP contribution < -0.4 is 16.6 Å². The van der Waals surface area contributed by atoms with Crippen LogP contribution >= 0.6 is 0 Å². The number of carbonyl (C=O) groups is 2. The van der Waals surface area contributed by atoms with Crippen LogP contribution in [0, 0.1) is 6.92 Å².